The molecule has 0 heterocycles. The van der Waals surface area contributed by atoms with Gasteiger partial charge in [0, 0.05) is 6.20 Å². The van der Waals surface area contributed by atoms with Crippen molar-refractivity contribution in [1.29, 1.82) is 0 Å². The number of hydrogen-bond acceptors (Lipinski definition) is 2. The van der Waals surface area contributed by atoms with Crippen LogP contribution in [-0.2, 0) is 4.79 Å². The number of hydrogen-bond donors (Lipinski definition) is 1. The predicted molar refractivity (Wildman–Crippen MR) is 37.1 cm³/mol. The highest BCUT2D eigenvalue weighted by Crippen LogP contribution is 1.77. The zero-order chi connectivity index (χ0) is 7.28. The van der Waals surface area contributed by atoms with Crippen molar-refractivity contribution in [2.75, 3.05) is 0 Å². The Morgan fingerprint density at radius 2 is 2.22 bits per heavy atom. The first-order chi connectivity index (χ1) is 4.18. The first kappa shape index (κ1) is 7.88. The number of aliphatic imine (C=N–C) groups is 1. The summed E-state index contributed by atoms with van der Waals surface area (Å²) < 4.78 is 0. The third-order valence-corrected chi connectivity index (χ3v) is 0.774. The summed E-state index contributed by atoms with van der Waals surface area (Å²) >= 11 is 0. The van der Waals surface area contributed by atoms with Crippen LogP contribution in [-0.4, -0.2) is 11.6 Å². The molecule has 0 saturated carbocycles. The second-order valence-corrected chi connectivity index (χ2v) is 1.56. The maximum Gasteiger partial charge on any atom is 0.262 e. The van der Waals surface area contributed by atoms with Crippen molar-refractivity contribution in [1.82, 2.24) is 0 Å². The highest BCUT2D eigenvalue weighted by molar-refractivity contribution is 6.37. The van der Waals surface area contributed by atoms with Gasteiger partial charge in [0.05, 0.1) is 0 Å². The van der Waals surface area contributed by atoms with E-state index in [2.05, 4.69) is 4.99 Å². The third-order valence-electron chi connectivity index (χ3n) is 0.774. The van der Waals surface area contributed by atoms with Crippen molar-refractivity contribution in [3.8, 4) is 0 Å². The highest BCUT2D eigenvalue weighted by atomic mass is 16.1. The fourth-order valence-corrected chi connectivity index (χ4v) is 0.250. The van der Waals surface area contributed by atoms with Gasteiger partial charge in [-0.25, -0.2) is 0 Å². The number of amides is 1. The van der Waals surface area contributed by atoms with Crippen molar-refractivity contribution in [2.24, 2.45) is 10.7 Å². The first-order valence-corrected chi connectivity index (χ1v) is 2.64. The number of allylic oxidation sites excluding steroid dienone is 1. The van der Waals surface area contributed by atoms with Crippen LogP contribution in [0.15, 0.2) is 17.3 Å². The number of carbonyl (C=O) groups is 1. The molecule has 0 radical (unpaired) electrons. The zero-order valence-corrected chi connectivity index (χ0v) is 5.59. The van der Waals surface area contributed by atoms with E-state index in [1.54, 1.807) is 13.0 Å². The van der Waals surface area contributed by atoms with Gasteiger partial charge in [-0.05, 0) is 13.8 Å². The van der Waals surface area contributed by atoms with E-state index < -0.39 is 5.91 Å². The summed E-state index contributed by atoms with van der Waals surface area (Å²) in [7, 11) is 0. The summed E-state index contributed by atoms with van der Waals surface area (Å²) in [6.45, 7) is 3.39. The fourth-order valence-electron chi connectivity index (χ4n) is 0.250. The monoisotopic (exact) mass is 126 g/mol. The molecule has 0 aromatic rings. The molecule has 9 heavy (non-hydrogen) atoms. The Bertz CT molecular complexity index is 158. The summed E-state index contributed by atoms with van der Waals surface area (Å²) in [5, 5.41) is 0. The number of nitrogens with zero attached hydrogens (tertiary/aromatic N) is 1. The van der Waals surface area contributed by atoms with Crippen molar-refractivity contribution < 1.29 is 4.79 Å². The lowest BCUT2D eigenvalue weighted by molar-refractivity contribution is -0.112. The molecule has 3 nitrogen and oxygen atoms in total. The normalized spacial score (nSPS) is 12.4. The predicted octanol–water partition coefficient (Wildman–Crippen LogP) is 0.466. The molecule has 2 N–H and O–H groups in total. The standard InChI is InChI=1S/C6H10N2O/c1-3-4-8-5(2)6(7)9/h3-4H,1-2H3,(H2,7,9)/b4-3-,8-5?. The maximum atomic E-state index is 10.3. The SMILES string of the molecule is C/C=C\N=C(C)C(N)=O. The smallest absolute Gasteiger partial charge is 0.262 e. The Balaban J connectivity index is 4.00. The Kier molecular flexibility index (Phi) is 3.35. The molecule has 0 atom stereocenters. The number of rotatable bonds is 2. The van der Waals surface area contributed by atoms with Gasteiger partial charge < -0.3 is 5.73 Å². The Labute approximate surface area is 54.3 Å². The number of carbonyl (C=O) groups excluding carboxylic acids is 1. The van der Waals surface area contributed by atoms with E-state index in [0.717, 1.165) is 0 Å². The van der Waals surface area contributed by atoms with E-state index in [4.69, 9.17) is 5.73 Å². The molecule has 0 rings (SSSR count). The van der Waals surface area contributed by atoms with Gasteiger partial charge in [-0.2, -0.15) is 0 Å². The minimum atomic E-state index is -0.479. The lowest BCUT2D eigenvalue weighted by atomic mass is 10.4. The minimum absolute atomic E-state index is 0.327. The van der Waals surface area contributed by atoms with E-state index in [9.17, 15) is 4.79 Å². The molecule has 0 bridgehead atoms. The molecule has 0 aromatic heterocycles. The fraction of sp³-hybridized carbons (Fsp3) is 0.333. The average Bonchev–Trinajstić information content (AvgIpc) is 1.82. The quantitative estimate of drug-likeness (QED) is 0.537. The van der Waals surface area contributed by atoms with Gasteiger partial charge in [0.15, 0.2) is 0 Å². The second kappa shape index (κ2) is 3.83. The molecule has 0 unspecified atom stereocenters. The second-order valence-electron chi connectivity index (χ2n) is 1.56. The topological polar surface area (TPSA) is 55.4 Å². The average molecular weight is 126 g/mol. The number of primary amides is 1. The molecule has 0 aliphatic rings. The van der Waals surface area contributed by atoms with Gasteiger partial charge in [-0.3, -0.25) is 9.79 Å². The van der Waals surface area contributed by atoms with Crippen LogP contribution in [0.1, 0.15) is 13.8 Å². The minimum Gasteiger partial charge on any atom is -0.365 e. The van der Waals surface area contributed by atoms with Crippen LogP contribution in [0.2, 0.25) is 0 Å². The van der Waals surface area contributed by atoms with Crippen LogP contribution >= 0.6 is 0 Å². The van der Waals surface area contributed by atoms with Crippen molar-refractivity contribution in [3.63, 3.8) is 0 Å². The molecular formula is C6H10N2O. The molecule has 0 spiro atoms. The summed E-state index contributed by atoms with van der Waals surface area (Å²) in [6, 6.07) is 0. The Hall–Kier alpha value is -1.12. The van der Waals surface area contributed by atoms with E-state index >= 15 is 0 Å². The lowest BCUT2D eigenvalue weighted by Gasteiger charge is -1.86. The molecule has 0 saturated heterocycles. The Morgan fingerprint density at radius 1 is 1.67 bits per heavy atom. The van der Waals surface area contributed by atoms with Crippen LogP contribution in [0.3, 0.4) is 0 Å². The summed E-state index contributed by atoms with van der Waals surface area (Å²) in [5.74, 6) is -0.479. The van der Waals surface area contributed by atoms with E-state index in [0.29, 0.717) is 5.71 Å². The molecule has 1 amide bonds. The van der Waals surface area contributed by atoms with Crippen LogP contribution in [0.4, 0.5) is 0 Å². The van der Waals surface area contributed by atoms with Crippen LogP contribution in [0, 0.1) is 0 Å². The van der Waals surface area contributed by atoms with Gasteiger partial charge in [0.1, 0.15) is 5.71 Å². The summed E-state index contributed by atoms with van der Waals surface area (Å²) in [4.78, 5) is 14.0. The molecule has 50 valence electrons. The lowest BCUT2D eigenvalue weighted by Crippen LogP contribution is -2.19. The van der Waals surface area contributed by atoms with Crippen molar-refractivity contribution in [3.05, 3.63) is 12.3 Å². The largest absolute Gasteiger partial charge is 0.365 e. The van der Waals surface area contributed by atoms with Crippen molar-refractivity contribution >= 4 is 11.6 Å². The maximum absolute atomic E-state index is 10.3. The van der Waals surface area contributed by atoms with E-state index in [-0.39, 0.29) is 0 Å². The zero-order valence-electron chi connectivity index (χ0n) is 5.59. The number of nitrogens with two attached hydrogens (primary N) is 1. The van der Waals surface area contributed by atoms with E-state index in [1.807, 2.05) is 6.92 Å². The molecule has 3 heteroatoms. The van der Waals surface area contributed by atoms with Crippen LogP contribution < -0.4 is 5.73 Å². The highest BCUT2D eigenvalue weighted by Gasteiger charge is 1.93. The van der Waals surface area contributed by atoms with Gasteiger partial charge in [-0.1, -0.05) is 6.08 Å². The Morgan fingerprint density at radius 3 is 2.56 bits per heavy atom. The molecule has 0 aliphatic heterocycles. The summed E-state index contributed by atoms with van der Waals surface area (Å²) in [6.07, 6.45) is 3.26. The van der Waals surface area contributed by atoms with Gasteiger partial charge in [0.2, 0.25) is 0 Å². The molecule has 0 aromatic carbocycles. The van der Waals surface area contributed by atoms with Gasteiger partial charge in [-0.15, -0.1) is 0 Å². The molecular weight excluding hydrogens is 116 g/mol. The van der Waals surface area contributed by atoms with Crippen LogP contribution in [0.25, 0.3) is 0 Å². The van der Waals surface area contributed by atoms with Gasteiger partial charge >= 0.3 is 0 Å². The van der Waals surface area contributed by atoms with Gasteiger partial charge in [0.25, 0.3) is 5.91 Å². The third kappa shape index (κ3) is 3.46. The van der Waals surface area contributed by atoms with E-state index in [1.165, 1.54) is 6.20 Å². The van der Waals surface area contributed by atoms with Crippen molar-refractivity contribution in [2.45, 2.75) is 13.8 Å². The molecule has 0 fully saturated rings. The van der Waals surface area contributed by atoms with Crippen LogP contribution in [0.5, 0.6) is 0 Å². The first-order valence-electron chi connectivity index (χ1n) is 2.64. The molecule has 0 aliphatic carbocycles. The summed E-state index contributed by atoms with van der Waals surface area (Å²) in [5.41, 5.74) is 5.20.